The van der Waals surface area contributed by atoms with E-state index in [2.05, 4.69) is 15.3 Å². The zero-order valence-electron chi connectivity index (χ0n) is 11.6. The van der Waals surface area contributed by atoms with Crippen molar-refractivity contribution in [3.8, 4) is 0 Å². The highest BCUT2D eigenvalue weighted by Crippen LogP contribution is 2.23. The van der Waals surface area contributed by atoms with E-state index in [1.54, 1.807) is 25.1 Å². The summed E-state index contributed by atoms with van der Waals surface area (Å²) in [6, 6.07) is 6.15. The Hall–Kier alpha value is -2.15. The monoisotopic (exact) mass is 307 g/mol. The van der Waals surface area contributed by atoms with Crippen molar-refractivity contribution in [2.24, 2.45) is 0 Å². The summed E-state index contributed by atoms with van der Waals surface area (Å²) >= 11 is 1.32. The van der Waals surface area contributed by atoms with Crippen LogP contribution in [0.4, 0.5) is 15.9 Å². The van der Waals surface area contributed by atoms with E-state index in [4.69, 9.17) is 4.74 Å². The predicted molar refractivity (Wildman–Crippen MR) is 79.5 cm³/mol. The van der Waals surface area contributed by atoms with Gasteiger partial charge in [0.25, 0.3) is 0 Å². The maximum atomic E-state index is 13.7. The fraction of sp³-hybridized carbons (Fsp3) is 0.214. The smallest absolute Gasteiger partial charge is 0.343 e. The van der Waals surface area contributed by atoms with E-state index in [1.165, 1.54) is 24.0 Å². The highest BCUT2D eigenvalue weighted by molar-refractivity contribution is 7.98. The first-order valence-corrected chi connectivity index (χ1v) is 7.48. The highest BCUT2D eigenvalue weighted by Gasteiger charge is 2.17. The number of anilines is 2. The average molecular weight is 307 g/mol. The van der Waals surface area contributed by atoms with Gasteiger partial charge in [0.2, 0.25) is 0 Å². The summed E-state index contributed by atoms with van der Waals surface area (Å²) in [5.74, 6) is -0.765. The Kier molecular flexibility index (Phi) is 5.10. The number of thioether (sulfide) groups is 1. The Labute approximate surface area is 126 Å². The lowest BCUT2D eigenvalue weighted by molar-refractivity contribution is 0.0526. The Morgan fingerprint density at radius 2 is 2.19 bits per heavy atom. The fourth-order valence-electron chi connectivity index (χ4n) is 1.61. The van der Waals surface area contributed by atoms with Gasteiger partial charge >= 0.3 is 5.97 Å². The van der Waals surface area contributed by atoms with Gasteiger partial charge in [-0.15, -0.1) is 0 Å². The standard InChI is InChI=1S/C14H14FN3O2S/c1-3-20-13(19)9-8-16-14(21-2)18-12(9)17-11-7-5-4-6-10(11)15/h4-8H,3H2,1-2H3,(H,16,17,18). The first-order valence-electron chi connectivity index (χ1n) is 6.25. The molecule has 2 aromatic rings. The third kappa shape index (κ3) is 3.69. The third-order valence-corrected chi connectivity index (χ3v) is 3.13. The molecule has 1 aromatic carbocycles. The van der Waals surface area contributed by atoms with Crippen LogP contribution in [-0.2, 0) is 4.74 Å². The van der Waals surface area contributed by atoms with Crippen LogP contribution in [0.15, 0.2) is 35.6 Å². The fourth-order valence-corrected chi connectivity index (χ4v) is 1.95. The maximum absolute atomic E-state index is 13.7. The van der Waals surface area contributed by atoms with Crippen LogP contribution in [0, 0.1) is 5.82 Å². The third-order valence-electron chi connectivity index (χ3n) is 2.57. The van der Waals surface area contributed by atoms with Crippen molar-refractivity contribution in [3.63, 3.8) is 0 Å². The van der Waals surface area contributed by atoms with Crippen LogP contribution < -0.4 is 5.32 Å². The number of carbonyl (C=O) groups excluding carboxylic acids is 1. The molecule has 0 fully saturated rings. The molecule has 0 unspecified atom stereocenters. The second-order valence-corrected chi connectivity index (χ2v) is 4.72. The van der Waals surface area contributed by atoms with Crippen LogP contribution in [0.2, 0.25) is 0 Å². The lowest BCUT2D eigenvalue weighted by atomic mass is 10.2. The molecule has 0 atom stereocenters. The van der Waals surface area contributed by atoms with Gasteiger partial charge in [0.1, 0.15) is 17.2 Å². The first-order chi connectivity index (χ1) is 10.2. The molecule has 0 saturated carbocycles. The number of hydrogen-bond donors (Lipinski definition) is 1. The predicted octanol–water partition coefficient (Wildman–Crippen LogP) is 3.26. The van der Waals surface area contributed by atoms with Crippen LogP contribution in [0.3, 0.4) is 0 Å². The molecule has 5 nitrogen and oxygen atoms in total. The van der Waals surface area contributed by atoms with E-state index >= 15 is 0 Å². The number of ether oxygens (including phenoxy) is 1. The summed E-state index contributed by atoms with van der Waals surface area (Å²) < 4.78 is 18.7. The molecule has 1 aromatic heterocycles. The Bertz CT molecular complexity index is 652. The van der Waals surface area contributed by atoms with Crippen molar-refractivity contribution in [3.05, 3.63) is 41.8 Å². The van der Waals surface area contributed by atoms with Crippen molar-refractivity contribution in [1.82, 2.24) is 9.97 Å². The zero-order chi connectivity index (χ0) is 15.2. The minimum Gasteiger partial charge on any atom is -0.462 e. The summed E-state index contributed by atoms with van der Waals surface area (Å²) in [6.45, 7) is 1.95. The van der Waals surface area contributed by atoms with Crippen molar-refractivity contribution in [2.75, 3.05) is 18.2 Å². The zero-order valence-corrected chi connectivity index (χ0v) is 12.4. The number of nitrogens with one attached hydrogen (secondary N) is 1. The minimum absolute atomic E-state index is 0.165. The molecule has 110 valence electrons. The molecular formula is C14H14FN3O2S. The molecule has 1 N–H and O–H groups in total. The van der Waals surface area contributed by atoms with Gasteiger partial charge in [0, 0.05) is 6.20 Å². The summed E-state index contributed by atoms with van der Waals surface area (Å²) in [5.41, 5.74) is 0.395. The van der Waals surface area contributed by atoms with Crippen molar-refractivity contribution < 1.29 is 13.9 Å². The summed E-state index contributed by atoms with van der Waals surface area (Å²) in [5, 5.41) is 3.29. The van der Waals surface area contributed by atoms with Gasteiger partial charge in [0.15, 0.2) is 5.16 Å². The second kappa shape index (κ2) is 7.03. The van der Waals surface area contributed by atoms with E-state index in [-0.39, 0.29) is 23.7 Å². The molecule has 0 aliphatic heterocycles. The molecule has 0 bridgehead atoms. The molecule has 21 heavy (non-hydrogen) atoms. The lowest BCUT2D eigenvalue weighted by Crippen LogP contribution is -2.11. The molecule has 2 rings (SSSR count). The molecule has 7 heteroatoms. The number of hydrogen-bond acceptors (Lipinski definition) is 6. The SMILES string of the molecule is CCOC(=O)c1cnc(SC)nc1Nc1ccccc1F. The number of carbonyl (C=O) groups is 1. The maximum Gasteiger partial charge on any atom is 0.343 e. The molecule has 0 radical (unpaired) electrons. The Morgan fingerprint density at radius 1 is 1.43 bits per heavy atom. The first kappa shape index (κ1) is 15.2. The second-order valence-electron chi connectivity index (χ2n) is 3.94. The minimum atomic E-state index is -0.552. The lowest BCUT2D eigenvalue weighted by Gasteiger charge is -2.11. The van der Waals surface area contributed by atoms with Crippen molar-refractivity contribution in [2.45, 2.75) is 12.1 Å². The Balaban J connectivity index is 2.39. The largest absolute Gasteiger partial charge is 0.462 e. The molecule has 0 amide bonds. The number of nitrogens with zero attached hydrogens (tertiary/aromatic N) is 2. The molecule has 0 aliphatic rings. The van der Waals surface area contributed by atoms with Gasteiger partial charge in [0.05, 0.1) is 12.3 Å². The number of para-hydroxylation sites is 1. The van der Waals surface area contributed by atoms with Crippen molar-refractivity contribution >= 4 is 29.2 Å². The number of halogens is 1. The highest BCUT2D eigenvalue weighted by atomic mass is 32.2. The normalized spacial score (nSPS) is 10.2. The Morgan fingerprint density at radius 3 is 2.86 bits per heavy atom. The van der Waals surface area contributed by atoms with Crippen LogP contribution in [0.5, 0.6) is 0 Å². The van der Waals surface area contributed by atoms with E-state index in [9.17, 15) is 9.18 Å². The molecule has 1 heterocycles. The van der Waals surface area contributed by atoms with Gasteiger partial charge < -0.3 is 10.1 Å². The average Bonchev–Trinajstić information content (AvgIpc) is 2.49. The van der Waals surface area contributed by atoms with Crippen LogP contribution in [0.25, 0.3) is 0 Å². The number of benzene rings is 1. The van der Waals surface area contributed by atoms with Crippen LogP contribution in [0.1, 0.15) is 17.3 Å². The van der Waals surface area contributed by atoms with Crippen LogP contribution in [-0.4, -0.2) is 28.8 Å². The van der Waals surface area contributed by atoms with Gasteiger partial charge in [-0.1, -0.05) is 23.9 Å². The molecule has 0 spiro atoms. The summed E-state index contributed by atoms with van der Waals surface area (Å²) in [7, 11) is 0. The number of aromatic nitrogens is 2. The topological polar surface area (TPSA) is 64.1 Å². The van der Waals surface area contributed by atoms with Gasteiger partial charge in [-0.3, -0.25) is 0 Å². The van der Waals surface area contributed by atoms with E-state index in [0.717, 1.165) is 0 Å². The van der Waals surface area contributed by atoms with E-state index in [0.29, 0.717) is 5.16 Å². The summed E-state index contributed by atoms with van der Waals surface area (Å²) in [6.07, 6.45) is 3.19. The number of rotatable bonds is 5. The van der Waals surface area contributed by atoms with Gasteiger partial charge in [-0.25, -0.2) is 19.2 Å². The van der Waals surface area contributed by atoms with Gasteiger partial charge in [-0.2, -0.15) is 0 Å². The van der Waals surface area contributed by atoms with Crippen LogP contribution >= 0.6 is 11.8 Å². The van der Waals surface area contributed by atoms with E-state index in [1.807, 2.05) is 6.26 Å². The molecular weight excluding hydrogens is 293 g/mol. The van der Waals surface area contributed by atoms with Crippen molar-refractivity contribution in [1.29, 1.82) is 0 Å². The number of esters is 1. The summed E-state index contributed by atoms with van der Waals surface area (Å²) in [4.78, 5) is 20.1. The molecule has 0 saturated heterocycles. The van der Waals surface area contributed by atoms with E-state index < -0.39 is 11.8 Å². The quantitative estimate of drug-likeness (QED) is 0.519. The van der Waals surface area contributed by atoms with Gasteiger partial charge in [-0.05, 0) is 25.3 Å². The molecule has 0 aliphatic carbocycles.